The zero-order valence-corrected chi connectivity index (χ0v) is 14.2. The smallest absolute Gasteiger partial charge is 0.262 e. The summed E-state index contributed by atoms with van der Waals surface area (Å²) < 4.78 is 10.9. The molecule has 6 heteroatoms. The van der Waals surface area contributed by atoms with Crippen LogP contribution < -0.4 is 20.1 Å². The average Bonchev–Trinajstić information content (AvgIpc) is 2.60. The lowest BCUT2D eigenvalue weighted by atomic mass is 10.2. The SMILES string of the molecule is CC(C)COc1ccc(C(=O)Nc2ccc3c(c2)NC(=O)CO3)cc1. The quantitative estimate of drug-likeness (QED) is 0.875. The number of rotatable bonds is 5. The Hall–Kier alpha value is -3.02. The predicted octanol–water partition coefficient (Wildman–Crippen LogP) is 3.30. The highest BCUT2D eigenvalue weighted by Crippen LogP contribution is 2.30. The van der Waals surface area contributed by atoms with Gasteiger partial charge in [-0.3, -0.25) is 9.59 Å². The monoisotopic (exact) mass is 340 g/mol. The Balaban J connectivity index is 1.66. The standard InChI is InChI=1S/C19H20N2O4/c1-12(2)10-24-15-6-3-13(4-7-15)19(23)20-14-5-8-17-16(9-14)21-18(22)11-25-17/h3-9,12H,10-11H2,1-2H3,(H,20,23)(H,21,22). The molecule has 0 spiro atoms. The number of nitrogens with one attached hydrogen (secondary N) is 2. The number of carbonyl (C=O) groups is 2. The molecular formula is C19H20N2O4. The van der Waals surface area contributed by atoms with Crippen molar-refractivity contribution in [2.45, 2.75) is 13.8 Å². The van der Waals surface area contributed by atoms with Gasteiger partial charge in [-0.05, 0) is 48.4 Å². The van der Waals surface area contributed by atoms with Crippen LogP contribution in [0.25, 0.3) is 0 Å². The van der Waals surface area contributed by atoms with Crippen LogP contribution in [0, 0.1) is 5.92 Å². The van der Waals surface area contributed by atoms with Gasteiger partial charge in [-0.25, -0.2) is 0 Å². The molecule has 2 aromatic rings. The number of ether oxygens (including phenoxy) is 2. The number of hydrogen-bond acceptors (Lipinski definition) is 4. The maximum atomic E-state index is 12.4. The van der Waals surface area contributed by atoms with Crippen molar-refractivity contribution >= 4 is 23.2 Å². The lowest BCUT2D eigenvalue weighted by Crippen LogP contribution is -2.25. The molecule has 0 saturated carbocycles. The summed E-state index contributed by atoms with van der Waals surface area (Å²) >= 11 is 0. The van der Waals surface area contributed by atoms with Gasteiger partial charge < -0.3 is 20.1 Å². The summed E-state index contributed by atoms with van der Waals surface area (Å²) in [6, 6.07) is 12.1. The van der Waals surface area contributed by atoms with Crippen molar-refractivity contribution in [3.8, 4) is 11.5 Å². The fourth-order valence-corrected chi connectivity index (χ4v) is 2.33. The summed E-state index contributed by atoms with van der Waals surface area (Å²) in [5.41, 5.74) is 1.65. The third-order valence-corrected chi connectivity index (χ3v) is 3.57. The first-order valence-corrected chi connectivity index (χ1v) is 8.12. The second kappa shape index (κ2) is 7.25. The molecule has 0 saturated heterocycles. The normalized spacial score (nSPS) is 12.8. The molecule has 0 unspecified atom stereocenters. The predicted molar refractivity (Wildman–Crippen MR) is 95.3 cm³/mol. The minimum Gasteiger partial charge on any atom is -0.493 e. The van der Waals surface area contributed by atoms with Crippen molar-refractivity contribution in [3.63, 3.8) is 0 Å². The van der Waals surface area contributed by atoms with E-state index in [4.69, 9.17) is 9.47 Å². The molecule has 3 rings (SSSR count). The molecule has 0 aromatic heterocycles. The Morgan fingerprint density at radius 2 is 2.00 bits per heavy atom. The Labute approximate surface area is 146 Å². The van der Waals surface area contributed by atoms with Crippen LogP contribution in [0.15, 0.2) is 42.5 Å². The molecule has 1 heterocycles. The molecule has 0 fully saturated rings. The second-order valence-electron chi connectivity index (χ2n) is 6.23. The first-order valence-electron chi connectivity index (χ1n) is 8.12. The number of carbonyl (C=O) groups excluding carboxylic acids is 2. The Morgan fingerprint density at radius 1 is 1.24 bits per heavy atom. The minimum atomic E-state index is -0.238. The highest BCUT2D eigenvalue weighted by atomic mass is 16.5. The van der Waals surface area contributed by atoms with Gasteiger partial charge in [-0.2, -0.15) is 0 Å². The van der Waals surface area contributed by atoms with E-state index in [0.717, 1.165) is 5.75 Å². The molecule has 0 aliphatic carbocycles. The third kappa shape index (κ3) is 4.29. The van der Waals surface area contributed by atoms with Crippen molar-refractivity contribution in [1.82, 2.24) is 0 Å². The summed E-state index contributed by atoms with van der Waals surface area (Å²) in [4.78, 5) is 23.7. The Bertz CT molecular complexity index is 785. The fraction of sp³-hybridized carbons (Fsp3) is 0.263. The molecular weight excluding hydrogens is 320 g/mol. The summed E-state index contributed by atoms with van der Waals surface area (Å²) in [5.74, 6) is 1.31. The molecule has 2 N–H and O–H groups in total. The first-order chi connectivity index (χ1) is 12.0. The van der Waals surface area contributed by atoms with E-state index in [1.165, 1.54) is 0 Å². The Kier molecular flexibility index (Phi) is 4.88. The van der Waals surface area contributed by atoms with Crippen LogP contribution in [-0.4, -0.2) is 25.0 Å². The van der Waals surface area contributed by atoms with Crippen molar-refractivity contribution in [2.75, 3.05) is 23.8 Å². The van der Waals surface area contributed by atoms with Gasteiger partial charge in [0, 0.05) is 11.3 Å². The van der Waals surface area contributed by atoms with E-state index in [1.54, 1.807) is 42.5 Å². The van der Waals surface area contributed by atoms with E-state index in [-0.39, 0.29) is 18.4 Å². The molecule has 130 valence electrons. The molecule has 0 atom stereocenters. The van der Waals surface area contributed by atoms with E-state index in [1.807, 2.05) is 0 Å². The van der Waals surface area contributed by atoms with Gasteiger partial charge in [0.2, 0.25) is 0 Å². The van der Waals surface area contributed by atoms with Crippen molar-refractivity contribution < 1.29 is 19.1 Å². The van der Waals surface area contributed by atoms with E-state index in [0.29, 0.717) is 35.2 Å². The highest BCUT2D eigenvalue weighted by Gasteiger charge is 2.16. The topological polar surface area (TPSA) is 76.7 Å². The first kappa shape index (κ1) is 16.8. The number of amides is 2. The number of anilines is 2. The number of benzene rings is 2. The molecule has 2 aromatic carbocycles. The molecule has 0 bridgehead atoms. The van der Waals surface area contributed by atoms with Gasteiger partial charge in [-0.15, -0.1) is 0 Å². The lowest BCUT2D eigenvalue weighted by molar-refractivity contribution is -0.118. The zero-order valence-electron chi connectivity index (χ0n) is 14.2. The maximum Gasteiger partial charge on any atom is 0.262 e. The second-order valence-corrected chi connectivity index (χ2v) is 6.23. The van der Waals surface area contributed by atoms with Crippen LogP contribution in [0.2, 0.25) is 0 Å². The zero-order chi connectivity index (χ0) is 17.8. The maximum absolute atomic E-state index is 12.4. The molecule has 1 aliphatic heterocycles. The highest BCUT2D eigenvalue weighted by molar-refractivity contribution is 6.05. The van der Waals surface area contributed by atoms with Gasteiger partial charge in [0.15, 0.2) is 6.61 Å². The van der Waals surface area contributed by atoms with Crippen molar-refractivity contribution in [2.24, 2.45) is 5.92 Å². The summed E-state index contributed by atoms with van der Waals surface area (Å²) in [6.07, 6.45) is 0. The fourth-order valence-electron chi connectivity index (χ4n) is 2.33. The summed E-state index contributed by atoms with van der Waals surface area (Å²) in [6.45, 7) is 4.79. The van der Waals surface area contributed by atoms with Crippen molar-refractivity contribution in [1.29, 1.82) is 0 Å². The van der Waals surface area contributed by atoms with Crippen molar-refractivity contribution in [3.05, 3.63) is 48.0 Å². The van der Waals surface area contributed by atoms with E-state index >= 15 is 0 Å². The van der Waals surface area contributed by atoms with Crippen LogP contribution in [-0.2, 0) is 4.79 Å². The molecule has 0 radical (unpaired) electrons. The third-order valence-electron chi connectivity index (χ3n) is 3.57. The number of fused-ring (bicyclic) bond motifs is 1. The van der Waals surface area contributed by atoms with Gasteiger partial charge in [0.1, 0.15) is 11.5 Å². The Morgan fingerprint density at radius 3 is 2.72 bits per heavy atom. The van der Waals surface area contributed by atoms with Gasteiger partial charge in [0.25, 0.3) is 11.8 Å². The molecule has 6 nitrogen and oxygen atoms in total. The van der Waals surface area contributed by atoms with Gasteiger partial charge in [0.05, 0.1) is 12.3 Å². The molecule has 2 amide bonds. The van der Waals surface area contributed by atoms with Crippen LogP contribution >= 0.6 is 0 Å². The van der Waals surface area contributed by atoms with Crippen LogP contribution in [0.5, 0.6) is 11.5 Å². The molecule has 25 heavy (non-hydrogen) atoms. The van der Waals surface area contributed by atoms with Gasteiger partial charge >= 0.3 is 0 Å². The van der Waals surface area contributed by atoms with E-state index in [9.17, 15) is 9.59 Å². The number of hydrogen-bond donors (Lipinski definition) is 2. The van der Waals surface area contributed by atoms with Crippen LogP contribution in [0.4, 0.5) is 11.4 Å². The van der Waals surface area contributed by atoms with Crippen LogP contribution in [0.3, 0.4) is 0 Å². The van der Waals surface area contributed by atoms with Crippen LogP contribution in [0.1, 0.15) is 24.2 Å². The minimum absolute atomic E-state index is 0.00390. The van der Waals surface area contributed by atoms with Gasteiger partial charge in [-0.1, -0.05) is 13.8 Å². The molecule has 1 aliphatic rings. The lowest BCUT2D eigenvalue weighted by Gasteiger charge is -2.18. The largest absolute Gasteiger partial charge is 0.493 e. The summed E-state index contributed by atoms with van der Waals surface area (Å²) in [7, 11) is 0. The van der Waals surface area contributed by atoms with E-state index in [2.05, 4.69) is 24.5 Å². The average molecular weight is 340 g/mol. The van der Waals surface area contributed by atoms with E-state index < -0.39 is 0 Å². The summed E-state index contributed by atoms with van der Waals surface area (Å²) in [5, 5.41) is 5.52.